The topological polar surface area (TPSA) is 46.9 Å². The summed E-state index contributed by atoms with van der Waals surface area (Å²) in [6.07, 6.45) is 3.31. The summed E-state index contributed by atoms with van der Waals surface area (Å²) in [5.74, 6) is 0.277. The van der Waals surface area contributed by atoms with Gasteiger partial charge in [0.1, 0.15) is 0 Å². The Hall–Kier alpha value is -1.62. The van der Waals surface area contributed by atoms with Crippen LogP contribution in [0, 0.1) is 5.92 Å². The lowest BCUT2D eigenvalue weighted by atomic mass is 10.0. The Kier molecular flexibility index (Phi) is 3.81. The van der Waals surface area contributed by atoms with Gasteiger partial charge < -0.3 is 5.32 Å². The van der Waals surface area contributed by atoms with E-state index < -0.39 is 0 Å². The van der Waals surface area contributed by atoms with E-state index in [0.717, 1.165) is 0 Å². The highest BCUT2D eigenvalue weighted by Gasteiger charge is 2.20. The monoisotopic (exact) mass is 263 g/mol. The Morgan fingerprint density at radius 3 is 2.78 bits per heavy atom. The number of aryl methyl sites for hydroxylation is 1. The van der Waals surface area contributed by atoms with E-state index in [1.54, 1.807) is 35.5 Å². The van der Waals surface area contributed by atoms with Crippen LogP contribution in [0.5, 0.6) is 0 Å². The number of nitrogens with zero attached hydrogens (tertiary/aromatic N) is 2. The fraction of sp³-hybridized carbons (Fsp3) is 0.385. The molecule has 0 aliphatic rings. The number of rotatable bonds is 4. The predicted molar refractivity (Wildman–Crippen MR) is 72.6 cm³/mol. The summed E-state index contributed by atoms with van der Waals surface area (Å²) in [6.45, 7) is 4.21. The first kappa shape index (κ1) is 12.8. The van der Waals surface area contributed by atoms with Crippen LogP contribution < -0.4 is 5.32 Å². The molecule has 2 aromatic heterocycles. The Bertz CT molecular complexity index is 516. The molecule has 2 aromatic rings. The van der Waals surface area contributed by atoms with E-state index in [4.69, 9.17) is 0 Å². The summed E-state index contributed by atoms with van der Waals surface area (Å²) in [7, 11) is 1.80. The van der Waals surface area contributed by atoms with E-state index in [9.17, 15) is 4.79 Å². The van der Waals surface area contributed by atoms with Crippen LogP contribution in [0.1, 0.15) is 35.1 Å². The van der Waals surface area contributed by atoms with Gasteiger partial charge in [-0.25, -0.2) is 0 Å². The van der Waals surface area contributed by atoms with Crippen LogP contribution in [0.15, 0.2) is 29.9 Å². The van der Waals surface area contributed by atoms with Crippen molar-refractivity contribution in [3.63, 3.8) is 0 Å². The molecule has 2 heterocycles. The highest BCUT2D eigenvalue weighted by atomic mass is 32.1. The Morgan fingerprint density at radius 2 is 2.28 bits per heavy atom. The molecule has 0 aliphatic heterocycles. The second kappa shape index (κ2) is 5.35. The van der Waals surface area contributed by atoms with E-state index in [2.05, 4.69) is 30.3 Å². The van der Waals surface area contributed by atoms with Gasteiger partial charge >= 0.3 is 0 Å². The number of carbonyl (C=O) groups is 1. The Labute approximate surface area is 111 Å². The molecule has 0 fully saturated rings. The van der Waals surface area contributed by atoms with Crippen LogP contribution in [-0.4, -0.2) is 15.7 Å². The van der Waals surface area contributed by atoms with Crippen LogP contribution in [0.4, 0.5) is 0 Å². The van der Waals surface area contributed by atoms with Crippen molar-refractivity contribution >= 4 is 17.2 Å². The minimum absolute atomic E-state index is 0.0534. The van der Waals surface area contributed by atoms with Crippen molar-refractivity contribution in [1.29, 1.82) is 0 Å². The van der Waals surface area contributed by atoms with Crippen molar-refractivity contribution in [3.05, 3.63) is 40.3 Å². The molecule has 0 spiro atoms. The maximum Gasteiger partial charge on any atom is 0.254 e. The summed E-state index contributed by atoms with van der Waals surface area (Å²) < 4.78 is 1.63. The van der Waals surface area contributed by atoms with Crippen molar-refractivity contribution in [1.82, 2.24) is 15.1 Å². The van der Waals surface area contributed by atoms with Gasteiger partial charge in [-0.15, -0.1) is 11.3 Å². The van der Waals surface area contributed by atoms with E-state index in [1.165, 1.54) is 4.88 Å². The van der Waals surface area contributed by atoms with Gasteiger partial charge in [0.05, 0.1) is 17.8 Å². The molecule has 1 amide bonds. The fourth-order valence-electron chi connectivity index (χ4n) is 1.80. The fourth-order valence-corrected chi connectivity index (χ4v) is 2.75. The van der Waals surface area contributed by atoms with Crippen molar-refractivity contribution < 1.29 is 4.79 Å². The minimum Gasteiger partial charge on any atom is -0.344 e. The molecule has 4 nitrogen and oxygen atoms in total. The second-order valence-corrected chi connectivity index (χ2v) is 5.59. The zero-order chi connectivity index (χ0) is 13.1. The number of hydrogen-bond acceptors (Lipinski definition) is 3. The van der Waals surface area contributed by atoms with E-state index >= 15 is 0 Å². The van der Waals surface area contributed by atoms with Crippen LogP contribution in [0.25, 0.3) is 0 Å². The number of aromatic nitrogens is 2. The quantitative estimate of drug-likeness (QED) is 0.921. The van der Waals surface area contributed by atoms with Crippen LogP contribution in [0.3, 0.4) is 0 Å². The third kappa shape index (κ3) is 2.79. The SMILES string of the molecule is CC(C)C(NC(=O)c1cnn(C)c1)c1cccs1. The molecule has 0 saturated carbocycles. The first-order chi connectivity index (χ1) is 8.58. The molecular weight excluding hydrogens is 246 g/mol. The standard InChI is InChI=1S/C13H17N3OS/c1-9(2)12(11-5-4-6-18-11)15-13(17)10-7-14-16(3)8-10/h4-9,12H,1-3H3,(H,15,17). The maximum atomic E-state index is 12.1. The van der Waals surface area contributed by atoms with E-state index in [1.807, 2.05) is 11.4 Å². The van der Waals surface area contributed by atoms with Gasteiger partial charge in [0.2, 0.25) is 0 Å². The van der Waals surface area contributed by atoms with Gasteiger partial charge in [-0.1, -0.05) is 19.9 Å². The number of hydrogen-bond donors (Lipinski definition) is 1. The summed E-state index contributed by atoms with van der Waals surface area (Å²) in [6, 6.07) is 4.11. The lowest BCUT2D eigenvalue weighted by Crippen LogP contribution is -2.31. The van der Waals surface area contributed by atoms with Crippen LogP contribution >= 0.6 is 11.3 Å². The van der Waals surface area contributed by atoms with Gasteiger partial charge in [-0.3, -0.25) is 9.48 Å². The summed E-state index contributed by atoms with van der Waals surface area (Å²) in [4.78, 5) is 13.3. The smallest absolute Gasteiger partial charge is 0.254 e. The number of carbonyl (C=O) groups excluding carboxylic acids is 1. The molecule has 1 unspecified atom stereocenters. The third-order valence-electron chi connectivity index (χ3n) is 2.77. The lowest BCUT2D eigenvalue weighted by Gasteiger charge is -2.20. The third-order valence-corrected chi connectivity index (χ3v) is 3.73. The minimum atomic E-state index is -0.0739. The van der Waals surface area contributed by atoms with Gasteiger partial charge in [0.15, 0.2) is 0 Å². The second-order valence-electron chi connectivity index (χ2n) is 4.61. The Morgan fingerprint density at radius 1 is 1.50 bits per heavy atom. The molecule has 0 aliphatic carbocycles. The molecule has 0 saturated heterocycles. The van der Waals surface area contributed by atoms with Gasteiger partial charge in [-0.05, 0) is 17.4 Å². The van der Waals surface area contributed by atoms with Crippen molar-refractivity contribution in [3.8, 4) is 0 Å². The van der Waals surface area contributed by atoms with Gasteiger partial charge in [0.25, 0.3) is 5.91 Å². The highest BCUT2D eigenvalue weighted by Crippen LogP contribution is 2.26. The molecule has 96 valence electrons. The molecule has 1 N–H and O–H groups in total. The van der Waals surface area contributed by atoms with E-state index in [-0.39, 0.29) is 11.9 Å². The predicted octanol–water partition coefficient (Wildman–Crippen LogP) is 2.61. The van der Waals surface area contributed by atoms with E-state index in [0.29, 0.717) is 11.5 Å². The largest absolute Gasteiger partial charge is 0.344 e. The van der Waals surface area contributed by atoms with Crippen LogP contribution in [-0.2, 0) is 7.05 Å². The maximum absolute atomic E-state index is 12.1. The molecule has 2 rings (SSSR count). The normalized spacial score (nSPS) is 12.7. The van der Waals surface area contributed by atoms with Crippen molar-refractivity contribution in [2.75, 3.05) is 0 Å². The summed E-state index contributed by atoms with van der Waals surface area (Å²) >= 11 is 1.67. The molecule has 18 heavy (non-hydrogen) atoms. The number of amides is 1. The molecule has 0 radical (unpaired) electrons. The average molecular weight is 263 g/mol. The zero-order valence-corrected chi connectivity index (χ0v) is 11.6. The summed E-state index contributed by atoms with van der Waals surface area (Å²) in [5, 5.41) is 9.11. The van der Waals surface area contributed by atoms with Gasteiger partial charge in [-0.2, -0.15) is 5.10 Å². The molecule has 0 bridgehead atoms. The number of thiophene rings is 1. The number of nitrogens with one attached hydrogen (secondary N) is 1. The highest BCUT2D eigenvalue weighted by molar-refractivity contribution is 7.10. The average Bonchev–Trinajstić information content (AvgIpc) is 2.95. The molecule has 1 atom stereocenters. The molecule has 0 aromatic carbocycles. The first-order valence-electron chi connectivity index (χ1n) is 5.91. The van der Waals surface area contributed by atoms with Crippen molar-refractivity contribution in [2.45, 2.75) is 19.9 Å². The lowest BCUT2D eigenvalue weighted by molar-refractivity contribution is 0.0926. The summed E-state index contributed by atoms with van der Waals surface area (Å²) in [5.41, 5.74) is 0.597. The Balaban J connectivity index is 2.13. The first-order valence-corrected chi connectivity index (χ1v) is 6.79. The zero-order valence-electron chi connectivity index (χ0n) is 10.8. The van der Waals surface area contributed by atoms with Gasteiger partial charge in [0, 0.05) is 18.1 Å². The molecular formula is C13H17N3OS. The molecule has 5 heteroatoms. The van der Waals surface area contributed by atoms with Crippen LogP contribution in [0.2, 0.25) is 0 Å². The van der Waals surface area contributed by atoms with Crippen molar-refractivity contribution in [2.24, 2.45) is 13.0 Å².